The number of rotatable bonds is 16. The Balaban J connectivity index is 1.35. The number of para-hydroxylation sites is 2. The Morgan fingerprint density at radius 2 is 1.89 bits per heavy atom. The number of nitrogens with zero attached hydrogens (tertiary/aromatic N) is 1. The zero-order chi connectivity index (χ0) is 25.8. The van der Waals surface area contributed by atoms with Crippen LogP contribution in [0.1, 0.15) is 23.3 Å². The summed E-state index contributed by atoms with van der Waals surface area (Å²) in [5, 5.41) is 25.9. The molecule has 0 aliphatic rings. The van der Waals surface area contributed by atoms with Gasteiger partial charge in [-0.05, 0) is 55.8 Å². The van der Waals surface area contributed by atoms with Gasteiger partial charge in [0.2, 0.25) is 6.29 Å². The molecule has 36 heavy (non-hydrogen) atoms. The minimum Gasteiger partial charge on any atom is -0.494 e. The molecule has 12 nitrogen and oxygen atoms in total. The van der Waals surface area contributed by atoms with Crippen molar-refractivity contribution in [2.75, 3.05) is 40.0 Å². The Hall–Kier alpha value is -4.03. The van der Waals surface area contributed by atoms with Crippen molar-refractivity contribution in [3.8, 4) is 17.2 Å². The number of fused-ring (bicyclic) bond motifs is 1. The molecule has 0 saturated carbocycles. The van der Waals surface area contributed by atoms with Crippen LogP contribution in [0.4, 0.5) is 0 Å². The predicted molar refractivity (Wildman–Crippen MR) is 131 cm³/mol. The zero-order valence-electron chi connectivity index (χ0n) is 19.9. The number of amides is 1. The van der Waals surface area contributed by atoms with Gasteiger partial charge in [0, 0.05) is 17.4 Å². The van der Waals surface area contributed by atoms with Crippen LogP contribution in [0, 0.1) is 10.1 Å². The second kappa shape index (κ2) is 13.8. The molecule has 194 valence electrons. The maximum absolute atomic E-state index is 12.3. The molecule has 0 aliphatic carbocycles. The molecule has 3 aromatic rings. The second-order valence-electron chi connectivity index (χ2n) is 7.73. The molecule has 1 aromatic heterocycles. The van der Waals surface area contributed by atoms with E-state index in [1.165, 1.54) is 0 Å². The van der Waals surface area contributed by atoms with Crippen LogP contribution in [-0.4, -0.2) is 67.3 Å². The molecule has 12 heteroatoms. The molecule has 0 saturated heterocycles. The van der Waals surface area contributed by atoms with Gasteiger partial charge in [-0.25, -0.2) is 0 Å². The molecule has 1 atom stereocenters. The molecule has 1 heterocycles. The molecular formula is C24H30N4O8. The first-order valence-electron chi connectivity index (χ1n) is 11.5. The number of methoxy groups -OCH3 is 1. The molecule has 1 unspecified atom stereocenters. The fraction of sp³-hybridized carbons (Fsp3) is 0.375. The SMILES string of the molecule is COc1ccccc1OC(O)CNCCCOc1ccc2[nH]c(C(=O)NCCCO[N+](=O)[O-])cc2c1. The van der Waals surface area contributed by atoms with Crippen molar-refractivity contribution < 1.29 is 34.0 Å². The average molecular weight is 503 g/mol. The van der Waals surface area contributed by atoms with Crippen LogP contribution in [0.2, 0.25) is 0 Å². The van der Waals surface area contributed by atoms with Gasteiger partial charge in [0.1, 0.15) is 11.4 Å². The van der Waals surface area contributed by atoms with Gasteiger partial charge in [-0.2, -0.15) is 0 Å². The number of aromatic nitrogens is 1. The maximum Gasteiger partial charge on any atom is 0.294 e. The van der Waals surface area contributed by atoms with Crippen LogP contribution >= 0.6 is 0 Å². The lowest BCUT2D eigenvalue weighted by atomic mass is 10.2. The van der Waals surface area contributed by atoms with Crippen molar-refractivity contribution in [2.45, 2.75) is 19.1 Å². The van der Waals surface area contributed by atoms with Crippen LogP contribution in [0.3, 0.4) is 0 Å². The Morgan fingerprint density at radius 3 is 2.67 bits per heavy atom. The number of H-pyrrole nitrogens is 1. The lowest BCUT2D eigenvalue weighted by molar-refractivity contribution is -0.757. The molecule has 4 N–H and O–H groups in total. The topological polar surface area (TPSA) is 157 Å². The number of hydrogen-bond acceptors (Lipinski definition) is 9. The van der Waals surface area contributed by atoms with Crippen molar-refractivity contribution in [2.24, 2.45) is 0 Å². The molecular weight excluding hydrogens is 472 g/mol. The predicted octanol–water partition coefficient (Wildman–Crippen LogP) is 2.26. The van der Waals surface area contributed by atoms with E-state index in [2.05, 4.69) is 20.5 Å². The van der Waals surface area contributed by atoms with E-state index in [-0.39, 0.29) is 25.6 Å². The highest BCUT2D eigenvalue weighted by molar-refractivity contribution is 5.98. The van der Waals surface area contributed by atoms with Gasteiger partial charge >= 0.3 is 0 Å². The Kier molecular flexibility index (Phi) is 10.2. The van der Waals surface area contributed by atoms with Crippen molar-refractivity contribution in [1.29, 1.82) is 0 Å². The van der Waals surface area contributed by atoms with Gasteiger partial charge in [0.15, 0.2) is 11.5 Å². The van der Waals surface area contributed by atoms with E-state index in [1.807, 2.05) is 24.3 Å². The van der Waals surface area contributed by atoms with Gasteiger partial charge in [-0.15, -0.1) is 10.1 Å². The average Bonchev–Trinajstić information content (AvgIpc) is 3.29. The van der Waals surface area contributed by atoms with Gasteiger partial charge in [0.25, 0.3) is 11.0 Å². The monoisotopic (exact) mass is 502 g/mol. The summed E-state index contributed by atoms with van der Waals surface area (Å²) in [5.74, 6) is 1.39. The van der Waals surface area contributed by atoms with Gasteiger partial charge < -0.3 is 39.8 Å². The van der Waals surface area contributed by atoms with E-state index in [0.29, 0.717) is 48.9 Å². The Bertz CT molecular complexity index is 1140. The molecule has 0 bridgehead atoms. The normalized spacial score (nSPS) is 11.6. The number of nitrogens with one attached hydrogen (secondary N) is 3. The van der Waals surface area contributed by atoms with E-state index in [4.69, 9.17) is 14.2 Å². The van der Waals surface area contributed by atoms with Crippen LogP contribution < -0.4 is 24.8 Å². The Morgan fingerprint density at radius 1 is 1.11 bits per heavy atom. The van der Waals surface area contributed by atoms with Crippen LogP contribution in [0.15, 0.2) is 48.5 Å². The highest BCUT2D eigenvalue weighted by Crippen LogP contribution is 2.26. The van der Waals surface area contributed by atoms with Crippen LogP contribution in [-0.2, 0) is 4.84 Å². The lowest BCUT2D eigenvalue weighted by Gasteiger charge is -2.16. The fourth-order valence-corrected chi connectivity index (χ4v) is 3.35. The first kappa shape index (κ1) is 26.6. The highest BCUT2D eigenvalue weighted by Gasteiger charge is 2.11. The third-order valence-corrected chi connectivity index (χ3v) is 5.06. The number of aliphatic hydroxyl groups is 1. The van der Waals surface area contributed by atoms with Crippen molar-refractivity contribution >= 4 is 16.8 Å². The summed E-state index contributed by atoms with van der Waals surface area (Å²) in [4.78, 5) is 29.6. The number of benzene rings is 2. The molecule has 0 spiro atoms. The summed E-state index contributed by atoms with van der Waals surface area (Å²) in [6.45, 7) is 1.52. The smallest absolute Gasteiger partial charge is 0.294 e. The first-order chi connectivity index (χ1) is 17.5. The lowest BCUT2D eigenvalue weighted by Crippen LogP contribution is -2.32. The molecule has 0 radical (unpaired) electrons. The van der Waals surface area contributed by atoms with E-state index in [0.717, 1.165) is 10.9 Å². The number of hydrogen-bond donors (Lipinski definition) is 4. The van der Waals surface area contributed by atoms with E-state index in [9.17, 15) is 20.0 Å². The summed E-state index contributed by atoms with van der Waals surface area (Å²) in [7, 11) is 1.54. The number of carbonyl (C=O) groups is 1. The molecule has 3 rings (SSSR count). The van der Waals surface area contributed by atoms with Crippen molar-refractivity contribution in [3.05, 3.63) is 64.3 Å². The van der Waals surface area contributed by atoms with Crippen molar-refractivity contribution in [1.82, 2.24) is 15.6 Å². The van der Waals surface area contributed by atoms with Gasteiger partial charge in [-0.3, -0.25) is 4.79 Å². The van der Waals surface area contributed by atoms with Gasteiger partial charge in [-0.1, -0.05) is 12.1 Å². The Labute approximate surface area is 207 Å². The standard InChI is InChI=1S/C24H30N4O8/c1-33-21-6-2-3-7-22(21)36-23(29)16-25-10-4-12-34-18-8-9-19-17(14-18)15-20(27-19)24(30)26-11-5-13-35-28(31)32/h2-3,6-9,14-15,23,25,27,29H,4-5,10-13,16H2,1H3,(H,26,30). The minimum absolute atomic E-state index is 0.0759. The third-order valence-electron chi connectivity index (χ3n) is 5.06. The largest absolute Gasteiger partial charge is 0.494 e. The second-order valence-corrected chi connectivity index (χ2v) is 7.73. The number of aliphatic hydroxyl groups excluding tert-OH is 1. The maximum atomic E-state index is 12.3. The summed E-state index contributed by atoms with van der Waals surface area (Å²) < 4.78 is 16.5. The van der Waals surface area contributed by atoms with E-state index < -0.39 is 11.4 Å². The fourth-order valence-electron chi connectivity index (χ4n) is 3.35. The van der Waals surface area contributed by atoms with Crippen LogP contribution in [0.5, 0.6) is 17.2 Å². The quantitative estimate of drug-likeness (QED) is 0.0998. The summed E-state index contributed by atoms with van der Waals surface area (Å²) >= 11 is 0. The minimum atomic E-state index is -1.01. The highest BCUT2D eigenvalue weighted by atomic mass is 16.9. The van der Waals surface area contributed by atoms with Crippen LogP contribution in [0.25, 0.3) is 10.9 Å². The summed E-state index contributed by atoms with van der Waals surface area (Å²) in [6.07, 6.45) is 0.0208. The summed E-state index contributed by atoms with van der Waals surface area (Å²) in [6, 6.07) is 14.3. The first-order valence-corrected chi connectivity index (χ1v) is 11.5. The van der Waals surface area contributed by atoms with Gasteiger partial charge in [0.05, 0.1) is 26.9 Å². The molecule has 1 amide bonds. The number of carbonyl (C=O) groups excluding carboxylic acids is 1. The molecule has 2 aromatic carbocycles. The van der Waals surface area contributed by atoms with E-state index >= 15 is 0 Å². The number of aromatic amines is 1. The summed E-state index contributed by atoms with van der Waals surface area (Å²) in [5.41, 5.74) is 1.17. The molecule has 0 fully saturated rings. The number of ether oxygens (including phenoxy) is 3. The molecule has 0 aliphatic heterocycles. The zero-order valence-corrected chi connectivity index (χ0v) is 19.9. The van der Waals surface area contributed by atoms with Crippen molar-refractivity contribution in [3.63, 3.8) is 0 Å². The van der Waals surface area contributed by atoms with E-state index in [1.54, 1.807) is 31.4 Å². The third kappa shape index (κ3) is 8.32.